The van der Waals surface area contributed by atoms with Crippen molar-refractivity contribution < 1.29 is 14.3 Å². The summed E-state index contributed by atoms with van der Waals surface area (Å²) < 4.78 is 7.26. The number of hydrogen-bond donors (Lipinski definition) is 2. The maximum Gasteiger partial charge on any atom is 0.407 e. The van der Waals surface area contributed by atoms with Gasteiger partial charge in [-0.25, -0.2) is 4.79 Å². The number of aromatic nitrogens is 3. The number of hydrogen-bond acceptors (Lipinski definition) is 7. The van der Waals surface area contributed by atoms with Crippen LogP contribution in [0.5, 0.6) is 0 Å². The predicted molar refractivity (Wildman–Crippen MR) is 123 cm³/mol. The molecule has 2 amide bonds. The number of pyridine rings is 1. The van der Waals surface area contributed by atoms with E-state index < -0.39 is 6.09 Å². The molecule has 10 heteroatoms. The first-order chi connectivity index (χ1) is 16.0. The highest BCUT2D eigenvalue weighted by Gasteiger charge is 2.28. The Morgan fingerprint density at radius 3 is 3.00 bits per heavy atom. The molecular formula is C23H22N6O3S. The van der Waals surface area contributed by atoms with Gasteiger partial charge < -0.3 is 15.4 Å². The number of amides is 2. The third-order valence-corrected chi connectivity index (χ3v) is 6.46. The lowest BCUT2D eigenvalue weighted by Crippen LogP contribution is -2.32. The van der Waals surface area contributed by atoms with Crippen LogP contribution < -0.4 is 10.6 Å². The van der Waals surface area contributed by atoms with Crippen molar-refractivity contribution in [3.8, 4) is 6.07 Å². The number of anilines is 1. The van der Waals surface area contributed by atoms with Gasteiger partial charge in [-0.05, 0) is 42.2 Å². The van der Waals surface area contributed by atoms with Gasteiger partial charge in [-0.2, -0.15) is 10.4 Å². The zero-order valence-corrected chi connectivity index (χ0v) is 18.8. The second kappa shape index (κ2) is 10.1. The van der Waals surface area contributed by atoms with Gasteiger partial charge >= 0.3 is 6.09 Å². The third kappa shape index (κ3) is 5.45. The van der Waals surface area contributed by atoms with E-state index in [0.29, 0.717) is 36.4 Å². The first kappa shape index (κ1) is 22.2. The van der Waals surface area contributed by atoms with Gasteiger partial charge in [-0.1, -0.05) is 6.07 Å². The van der Waals surface area contributed by atoms with Gasteiger partial charge in [-0.15, -0.1) is 11.3 Å². The van der Waals surface area contributed by atoms with Crippen molar-refractivity contribution in [1.29, 1.82) is 5.26 Å². The monoisotopic (exact) mass is 462 g/mol. The summed E-state index contributed by atoms with van der Waals surface area (Å²) in [6, 6.07) is 7.67. The quantitative estimate of drug-likeness (QED) is 0.543. The van der Waals surface area contributed by atoms with E-state index in [-0.39, 0.29) is 12.0 Å². The molecule has 33 heavy (non-hydrogen) atoms. The Labute approximate surface area is 194 Å². The van der Waals surface area contributed by atoms with E-state index in [4.69, 9.17) is 4.74 Å². The van der Waals surface area contributed by atoms with Crippen molar-refractivity contribution in [3.05, 3.63) is 70.1 Å². The molecular weight excluding hydrogens is 440 g/mol. The minimum Gasteiger partial charge on any atom is -0.446 e. The van der Waals surface area contributed by atoms with Gasteiger partial charge in [0, 0.05) is 43.0 Å². The molecule has 0 bridgehead atoms. The minimum atomic E-state index is -0.490. The largest absolute Gasteiger partial charge is 0.446 e. The maximum absolute atomic E-state index is 12.4. The summed E-state index contributed by atoms with van der Waals surface area (Å²) in [7, 11) is 1.81. The number of alkyl carbamates (subject to hydrolysis) is 1. The molecule has 3 heterocycles. The van der Waals surface area contributed by atoms with Crippen molar-refractivity contribution in [2.24, 2.45) is 7.05 Å². The van der Waals surface area contributed by atoms with Crippen LogP contribution in [-0.4, -0.2) is 32.9 Å². The number of nitrogens with one attached hydrogen (secondary N) is 2. The smallest absolute Gasteiger partial charge is 0.407 e. The Morgan fingerprint density at radius 2 is 2.27 bits per heavy atom. The maximum atomic E-state index is 12.4. The van der Waals surface area contributed by atoms with Crippen LogP contribution in [0.25, 0.3) is 6.08 Å². The van der Waals surface area contributed by atoms with Gasteiger partial charge in [-0.3, -0.25) is 14.5 Å². The number of aryl methyl sites for hydroxylation is 1. The standard InChI is InChI=1S/C23H22N6O3S/c1-29-16(8-10-27-29)14-26-23(31)32-17-5-6-18-19(12-24)22(33-20(18)11-17)28-21(30)7-4-15-3-2-9-25-13-15/h2-4,7-10,13,17H,5-6,11,14H2,1H3,(H,26,31)(H,28,30)/b7-4+. The van der Waals surface area contributed by atoms with Crippen LogP contribution in [-0.2, 0) is 36.0 Å². The fraction of sp³-hybridized carbons (Fsp3) is 0.261. The zero-order chi connectivity index (χ0) is 23.2. The highest BCUT2D eigenvalue weighted by molar-refractivity contribution is 7.16. The second-order valence-electron chi connectivity index (χ2n) is 7.50. The summed E-state index contributed by atoms with van der Waals surface area (Å²) in [5.41, 5.74) is 3.08. The number of rotatable bonds is 6. The molecule has 0 aromatic carbocycles. The van der Waals surface area contributed by atoms with E-state index in [9.17, 15) is 14.9 Å². The molecule has 0 fully saturated rings. The molecule has 9 nitrogen and oxygen atoms in total. The average Bonchev–Trinajstić information content (AvgIpc) is 3.38. The molecule has 0 radical (unpaired) electrons. The molecule has 1 unspecified atom stereocenters. The lowest BCUT2D eigenvalue weighted by molar-refractivity contribution is -0.111. The molecule has 1 aliphatic carbocycles. The van der Waals surface area contributed by atoms with Crippen LogP contribution in [0.1, 0.15) is 33.7 Å². The second-order valence-corrected chi connectivity index (χ2v) is 8.60. The summed E-state index contributed by atoms with van der Waals surface area (Å²) in [5, 5.41) is 19.8. The van der Waals surface area contributed by atoms with Crippen molar-refractivity contribution in [2.45, 2.75) is 31.9 Å². The highest BCUT2D eigenvalue weighted by Crippen LogP contribution is 2.38. The predicted octanol–water partition coefficient (Wildman–Crippen LogP) is 3.18. The van der Waals surface area contributed by atoms with Crippen LogP contribution >= 0.6 is 11.3 Å². The summed E-state index contributed by atoms with van der Waals surface area (Å²) >= 11 is 1.36. The minimum absolute atomic E-state index is 0.289. The van der Waals surface area contributed by atoms with Crippen molar-refractivity contribution in [3.63, 3.8) is 0 Å². The number of nitrogens with zero attached hydrogens (tertiary/aromatic N) is 4. The molecule has 0 spiro atoms. The first-order valence-electron chi connectivity index (χ1n) is 10.4. The van der Waals surface area contributed by atoms with E-state index in [1.54, 1.807) is 42.5 Å². The van der Waals surface area contributed by atoms with E-state index in [1.807, 2.05) is 12.1 Å². The number of thiophene rings is 1. The number of fused-ring (bicyclic) bond motifs is 1. The summed E-state index contributed by atoms with van der Waals surface area (Å²) in [5.74, 6) is -0.323. The lowest BCUT2D eigenvalue weighted by atomic mass is 9.94. The van der Waals surface area contributed by atoms with Gasteiger partial charge in [0.15, 0.2) is 0 Å². The molecule has 0 saturated heterocycles. The zero-order valence-electron chi connectivity index (χ0n) is 17.9. The van der Waals surface area contributed by atoms with Crippen LogP contribution in [0.15, 0.2) is 42.9 Å². The van der Waals surface area contributed by atoms with E-state index in [2.05, 4.69) is 26.8 Å². The lowest BCUT2D eigenvalue weighted by Gasteiger charge is -2.22. The van der Waals surface area contributed by atoms with E-state index in [1.165, 1.54) is 17.4 Å². The number of carbonyl (C=O) groups is 2. The summed E-state index contributed by atoms with van der Waals surface area (Å²) in [6.07, 6.45) is 9.01. The average molecular weight is 463 g/mol. The number of nitriles is 1. The molecule has 2 N–H and O–H groups in total. The molecule has 3 aromatic heterocycles. The Morgan fingerprint density at radius 1 is 1.39 bits per heavy atom. The van der Waals surface area contributed by atoms with Crippen LogP contribution in [0.3, 0.4) is 0 Å². The molecule has 3 aromatic rings. The molecule has 168 valence electrons. The molecule has 0 aliphatic heterocycles. The van der Waals surface area contributed by atoms with E-state index in [0.717, 1.165) is 21.7 Å². The Kier molecular flexibility index (Phi) is 6.80. The van der Waals surface area contributed by atoms with Crippen LogP contribution in [0.4, 0.5) is 9.80 Å². The highest BCUT2D eigenvalue weighted by atomic mass is 32.1. The van der Waals surface area contributed by atoms with Gasteiger partial charge in [0.2, 0.25) is 5.91 Å². The molecule has 1 atom stereocenters. The van der Waals surface area contributed by atoms with Gasteiger partial charge in [0.25, 0.3) is 0 Å². The van der Waals surface area contributed by atoms with Crippen LogP contribution in [0, 0.1) is 11.3 Å². The fourth-order valence-corrected chi connectivity index (χ4v) is 4.86. The Hall–Kier alpha value is -3.97. The Bertz CT molecular complexity index is 1220. The van der Waals surface area contributed by atoms with Crippen molar-refractivity contribution >= 4 is 34.4 Å². The summed E-state index contributed by atoms with van der Waals surface area (Å²) in [4.78, 5) is 29.5. The number of ether oxygens (including phenoxy) is 1. The normalized spacial score (nSPS) is 15.0. The Balaban J connectivity index is 1.36. The summed E-state index contributed by atoms with van der Waals surface area (Å²) in [6.45, 7) is 0.327. The van der Waals surface area contributed by atoms with Gasteiger partial charge in [0.05, 0.1) is 17.8 Å². The third-order valence-electron chi connectivity index (χ3n) is 5.29. The van der Waals surface area contributed by atoms with Crippen molar-refractivity contribution in [1.82, 2.24) is 20.1 Å². The molecule has 0 saturated carbocycles. The van der Waals surface area contributed by atoms with E-state index >= 15 is 0 Å². The topological polar surface area (TPSA) is 122 Å². The number of carbonyl (C=O) groups excluding carboxylic acids is 2. The van der Waals surface area contributed by atoms with Gasteiger partial charge in [0.1, 0.15) is 17.2 Å². The molecule has 4 rings (SSSR count). The first-order valence-corrected chi connectivity index (χ1v) is 11.2. The fourth-order valence-electron chi connectivity index (χ4n) is 3.59. The SMILES string of the molecule is Cn1nccc1CNC(=O)OC1CCc2c(sc(NC(=O)/C=C/c3cccnc3)c2C#N)C1. The van der Waals surface area contributed by atoms with Crippen molar-refractivity contribution in [2.75, 3.05) is 5.32 Å². The molecule has 1 aliphatic rings. The van der Waals surface area contributed by atoms with Crippen LogP contribution in [0.2, 0.25) is 0 Å².